The highest BCUT2D eigenvalue weighted by atomic mass is 16.5. The summed E-state index contributed by atoms with van der Waals surface area (Å²) in [5.74, 6) is 3.73. The summed E-state index contributed by atoms with van der Waals surface area (Å²) in [6, 6.07) is 8.43. The SMILES string of the molecule is COCCOc1ccc(CN2CCC(c3nnc4n3CCNC4)CC2)cc1. The van der Waals surface area contributed by atoms with Crippen molar-refractivity contribution in [3.63, 3.8) is 0 Å². The predicted octanol–water partition coefficient (Wildman–Crippen LogP) is 1.79. The van der Waals surface area contributed by atoms with Gasteiger partial charge in [-0.2, -0.15) is 0 Å². The number of nitrogens with zero attached hydrogens (tertiary/aromatic N) is 4. The highest BCUT2D eigenvalue weighted by Crippen LogP contribution is 2.28. The lowest BCUT2D eigenvalue weighted by molar-refractivity contribution is 0.146. The normalized spacial score (nSPS) is 18.4. The average Bonchev–Trinajstić information content (AvgIpc) is 3.14. The summed E-state index contributed by atoms with van der Waals surface area (Å²) < 4.78 is 13.0. The van der Waals surface area contributed by atoms with Gasteiger partial charge in [0.05, 0.1) is 13.2 Å². The molecule has 2 aliphatic rings. The van der Waals surface area contributed by atoms with E-state index in [0.717, 1.165) is 63.7 Å². The predicted molar refractivity (Wildman–Crippen MR) is 103 cm³/mol. The van der Waals surface area contributed by atoms with Crippen LogP contribution in [-0.4, -0.2) is 59.6 Å². The van der Waals surface area contributed by atoms with Crippen molar-refractivity contribution < 1.29 is 9.47 Å². The summed E-state index contributed by atoms with van der Waals surface area (Å²) in [7, 11) is 1.69. The first kappa shape index (κ1) is 18.4. The summed E-state index contributed by atoms with van der Waals surface area (Å²) in [5, 5.41) is 12.2. The molecule has 7 nitrogen and oxygen atoms in total. The Morgan fingerprint density at radius 3 is 2.67 bits per heavy atom. The molecule has 0 atom stereocenters. The quantitative estimate of drug-likeness (QED) is 0.749. The highest BCUT2D eigenvalue weighted by Gasteiger charge is 2.26. The van der Waals surface area contributed by atoms with E-state index in [1.165, 1.54) is 11.4 Å². The molecule has 146 valence electrons. The van der Waals surface area contributed by atoms with Crippen LogP contribution in [0, 0.1) is 0 Å². The molecule has 1 N–H and O–H groups in total. The summed E-state index contributed by atoms with van der Waals surface area (Å²) in [6.07, 6.45) is 2.31. The number of likely N-dealkylation sites (tertiary alicyclic amines) is 1. The van der Waals surface area contributed by atoms with E-state index >= 15 is 0 Å². The van der Waals surface area contributed by atoms with Crippen LogP contribution in [0.5, 0.6) is 5.75 Å². The Morgan fingerprint density at radius 1 is 1.07 bits per heavy atom. The minimum atomic E-state index is 0.539. The number of nitrogens with one attached hydrogen (secondary N) is 1. The number of methoxy groups -OCH3 is 1. The van der Waals surface area contributed by atoms with Gasteiger partial charge in [-0.3, -0.25) is 4.90 Å². The van der Waals surface area contributed by atoms with Gasteiger partial charge in [-0.15, -0.1) is 10.2 Å². The summed E-state index contributed by atoms with van der Waals surface area (Å²) in [5.41, 5.74) is 1.33. The smallest absolute Gasteiger partial charge is 0.147 e. The van der Waals surface area contributed by atoms with Crippen LogP contribution in [-0.2, 0) is 24.4 Å². The Kier molecular flexibility index (Phi) is 6.01. The van der Waals surface area contributed by atoms with E-state index in [1.54, 1.807) is 7.11 Å². The molecule has 27 heavy (non-hydrogen) atoms. The van der Waals surface area contributed by atoms with Crippen LogP contribution in [0.4, 0.5) is 0 Å². The van der Waals surface area contributed by atoms with E-state index in [0.29, 0.717) is 19.1 Å². The van der Waals surface area contributed by atoms with Gasteiger partial charge >= 0.3 is 0 Å². The number of piperidine rings is 1. The lowest BCUT2D eigenvalue weighted by Crippen LogP contribution is -2.34. The molecule has 0 spiro atoms. The molecule has 1 aromatic heterocycles. The summed E-state index contributed by atoms with van der Waals surface area (Å²) in [6.45, 7) is 7.27. The second-order valence-electron chi connectivity index (χ2n) is 7.34. The van der Waals surface area contributed by atoms with Crippen molar-refractivity contribution in [3.8, 4) is 5.75 Å². The zero-order valence-electron chi connectivity index (χ0n) is 16.1. The molecule has 0 unspecified atom stereocenters. The first-order valence-electron chi connectivity index (χ1n) is 9.89. The van der Waals surface area contributed by atoms with Gasteiger partial charge in [0, 0.05) is 32.7 Å². The van der Waals surface area contributed by atoms with E-state index < -0.39 is 0 Å². The molecule has 4 rings (SSSR count). The lowest BCUT2D eigenvalue weighted by atomic mass is 9.95. The number of fused-ring (bicyclic) bond motifs is 1. The Balaban J connectivity index is 1.28. The van der Waals surface area contributed by atoms with Gasteiger partial charge in [0.15, 0.2) is 0 Å². The standard InChI is InChI=1S/C20H29N5O2/c1-26-12-13-27-18-4-2-16(3-5-18)15-24-9-6-17(7-10-24)20-23-22-19-14-21-8-11-25(19)20/h2-5,17,21H,6-15H2,1H3. The van der Waals surface area contributed by atoms with Crippen molar-refractivity contribution in [2.75, 3.05) is 40.0 Å². The van der Waals surface area contributed by atoms with Crippen LogP contribution in [0.3, 0.4) is 0 Å². The van der Waals surface area contributed by atoms with Crippen LogP contribution in [0.1, 0.15) is 36.0 Å². The van der Waals surface area contributed by atoms with E-state index in [4.69, 9.17) is 9.47 Å². The van der Waals surface area contributed by atoms with Crippen molar-refractivity contribution in [1.82, 2.24) is 25.0 Å². The van der Waals surface area contributed by atoms with Crippen LogP contribution in [0.15, 0.2) is 24.3 Å². The molecule has 7 heteroatoms. The molecule has 1 saturated heterocycles. The topological polar surface area (TPSA) is 64.4 Å². The fourth-order valence-electron chi connectivity index (χ4n) is 3.96. The van der Waals surface area contributed by atoms with E-state index in [9.17, 15) is 0 Å². The van der Waals surface area contributed by atoms with Crippen LogP contribution in [0.2, 0.25) is 0 Å². The number of ether oxygens (including phenoxy) is 2. The van der Waals surface area contributed by atoms with Crippen molar-refractivity contribution in [2.24, 2.45) is 0 Å². The molecule has 0 aliphatic carbocycles. The fraction of sp³-hybridized carbons (Fsp3) is 0.600. The molecule has 1 fully saturated rings. The monoisotopic (exact) mass is 371 g/mol. The number of hydrogen-bond donors (Lipinski definition) is 1. The summed E-state index contributed by atoms with van der Waals surface area (Å²) in [4.78, 5) is 2.53. The first-order valence-corrected chi connectivity index (χ1v) is 9.89. The van der Waals surface area contributed by atoms with Crippen molar-refractivity contribution >= 4 is 0 Å². The minimum absolute atomic E-state index is 0.539. The van der Waals surface area contributed by atoms with E-state index in [1.807, 2.05) is 12.1 Å². The number of hydrogen-bond acceptors (Lipinski definition) is 6. The molecule has 2 aromatic rings. The van der Waals surface area contributed by atoms with Gasteiger partial charge in [-0.1, -0.05) is 12.1 Å². The second-order valence-corrected chi connectivity index (χ2v) is 7.34. The van der Waals surface area contributed by atoms with E-state index in [2.05, 4.69) is 37.1 Å². The van der Waals surface area contributed by atoms with Crippen LogP contribution < -0.4 is 10.1 Å². The molecule has 2 aliphatic heterocycles. The maximum Gasteiger partial charge on any atom is 0.147 e. The maximum absolute atomic E-state index is 5.63. The molecule has 3 heterocycles. The third-order valence-electron chi connectivity index (χ3n) is 5.49. The van der Waals surface area contributed by atoms with Crippen LogP contribution in [0.25, 0.3) is 0 Å². The molecular formula is C20H29N5O2. The summed E-state index contributed by atoms with van der Waals surface area (Å²) >= 11 is 0. The largest absolute Gasteiger partial charge is 0.491 e. The molecule has 0 bridgehead atoms. The zero-order valence-corrected chi connectivity index (χ0v) is 16.1. The third-order valence-corrected chi connectivity index (χ3v) is 5.49. The van der Waals surface area contributed by atoms with Crippen molar-refractivity contribution in [2.45, 2.75) is 38.4 Å². The van der Waals surface area contributed by atoms with Crippen molar-refractivity contribution in [3.05, 3.63) is 41.5 Å². The number of rotatable bonds is 7. The number of aromatic nitrogens is 3. The Bertz CT molecular complexity index is 722. The van der Waals surface area contributed by atoms with Crippen LogP contribution >= 0.6 is 0 Å². The Morgan fingerprint density at radius 2 is 1.89 bits per heavy atom. The highest BCUT2D eigenvalue weighted by molar-refractivity contribution is 5.27. The van der Waals surface area contributed by atoms with Gasteiger partial charge in [0.25, 0.3) is 0 Å². The van der Waals surface area contributed by atoms with Gasteiger partial charge in [0.2, 0.25) is 0 Å². The van der Waals surface area contributed by atoms with Gasteiger partial charge < -0.3 is 19.4 Å². The maximum atomic E-state index is 5.63. The van der Waals surface area contributed by atoms with Gasteiger partial charge in [-0.05, 0) is 43.6 Å². The van der Waals surface area contributed by atoms with Crippen molar-refractivity contribution in [1.29, 1.82) is 0 Å². The third kappa shape index (κ3) is 4.48. The average molecular weight is 371 g/mol. The first-order chi connectivity index (χ1) is 13.3. The molecule has 0 amide bonds. The lowest BCUT2D eigenvalue weighted by Gasteiger charge is -2.32. The molecule has 0 radical (unpaired) electrons. The zero-order chi connectivity index (χ0) is 18.5. The van der Waals surface area contributed by atoms with E-state index in [-0.39, 0.29) is 0 Å². The second kappa shape index (κ2) is 8.82. The Labute approximate surface area is 160 Å². The Hall–Kier alpha value is -1.96. The molecular weight excluding hydrogens is 342 g/mol. The fourth-order valence-corrected chi connectivity index (χ4v) is 3.96. The molecule has 1 aromatic carbocycles. The molecule has 0 saturated carbocycles. The number of benzene rings is 1. The van der Waals surface area contributed by atoms with Gasteiger partial charge in [0.1, 0.15) is 24.0 Å². The minimum Gasteiger partial charge on any atom is -0.491 e. The van der Waals surface area contributed by atoms with Gasteiger partial charge in [-0.25, -0.2) is 0 Å².